The fourth-order valence-electron chi connectivity index (χ4n) is 2.36. The Balaban J connectivity index is 2.12. The number of benzene rings is 1. The van der Waals surface area contributed by atoms with Crippen LogP contribution < -0.4 is 5.32 Å². The number of amides is 2. The highest BCUT2D eigenvalue weighted by Gasteiger charge is 2.29. The summed E-state index contributed by atoms with van der Waals surface area (Å²) in [6.45, 7) is 5.07. The van der Waals surface area contributed by atoms with E-state index in [1.54, 1.807) is 4.90 Å². The number of hydrogen-bond donors (Lipinski definition) is 1. The fourth-order valence-corrected chi connectivity index (χ4v) is 2.36. The van der Waals surface area contributed by atoms with Crippen LogP contribution in [0.3, 0.4) is 0 Å². The first-order valence-electron chi connectivity index (χ1n) is 7.31. The standard InChI is InChI=1S/C17H22N2O2/c1-13(2)8-10-19-11-9-16(20)18-15(17(19)21)12-14-6-4-3-5-7-14/h3-8,15H,9-12H2,1-2H3,(H,18,20). The normalized spacial score (nSPS) is 19.0. The summed E-state index contributed by atoms with van der Waals surface area (Å²) in [7, 11) is 0. The number of carbonyl (C=O) groups is 2. The quantitative estimate of drug-likeness (QED) is 0.860. The van der Waals surface area contributed by atoms with Gasteiger partial charge in [-0.05, 0) is 19.4 Å². The summed E-state index contributed by atoms with van der Waals surface area (Å²) in [5.74, 6) is -0.0498. The van der Waals surface area contributed by atoms with Gasteiger partial charge in [-0.1, -0.05) is 42.0 Å². The van der Waals surface area contributed by atoms with Crippen molar-refractivity contribution < 1.29 is 9.59 Å². The number of carbonyl (C=O) groups excluding carboxylic acids is 2. The summed E-state index contributed by atoms with van der Waals surface area (Å²) >= 11 is 0. The van der Waals surface area contributed by atoms with Crippen LogP contribution in [0, 0.1) is 0 Å². The van der Waals surface area contributed by atoms with Crippen molar-refractivity contribution in [3.8, 4) is 0 Å². The van der Waals surface area contributed by atoms with Crippen molar-refractivity contribution in [2.75, 3.05) is 13.1 Å². The SMILES string of the molecule is CC(C)=CCN1CCC(=O)NC(Cc2ccccc2)C1=O. The van der Waals surface area contributed by atoms with E-state index in [1.165, 1.54) is 5.57 Å². The van der Waals surface area contributed by atoms with Gasteiger partial charge in [0.25, 0.3) is 0 Å². The highest BCUT2D eigenvalue weighted by Crippen LogP contribution is 2.10. The Labute approximate surface area is 125 Å². The van der Waals surface area contributed by atoms with E-state index in [9.17, 15) is 9.59 Å². The van der Waals surface area contributed by atoms with Gasteiger partial charge < -0.3 is 10.2 Å². The summed E-state index contributed by atoms with van der Waals surface area (Å²) in [5.41, 5.74) is 2.23. The van der Waals surface area contributed by atoms with Gasteiger partial charge in [-0.15, -0.1) is 0 Å². The molecule has 4 nitrogen and oxygen atoms in total. The minimum atomic E-state index is -0.465. The van der Waals surface area contributed by atoms with E-state index < -0.39 is 6.04 Å². The lowest BCUT2D eigenvalue weighted by atomic mass is 10.1. The molecule has 0 bridgehead atoms. The largest absolute Gasteiger partial charge is 0.344 e. The Kier molecular flexibility index (Phi) is 5.14. The minimum absolute atomic E-state index is 0.00204. The van der Waals surface area contributed by atoms with Crippen LogP contribution in [0.25, 0.3) is 0 Å². The van der Waals surface area contributed by atoms with Crippen molar-refractivity contribution in [3.05, 3.63) is 47.5 Å². The maximum atomic E-state index is 12.6. The van der Waals surface area contributed by atoms with E-state index in [0.29, 0.717) is 25.9 Å². The van der Waals surface area contributed by atoms with Gasteiger partial charge in [-0.25, -0.2) is 0 Å². The number of nitrogens with one attached hydrogen (secondary N) is 1. The van der Waals surface area contributed by atoms with Gasteiger partial charge in [0.1, 0.15) is 6.04 Å². The number of rotatable bonds is 4. The van der Waals surface area contributed by atoms with Crippen LogP contribution >= 0.6 is 0 Å². The Morgan fingerprint density at radius 2 is 2.00 bits per heavy atom. The molecular weight excluding hydrogens is 264 g/mol. The molecule has 112 valence electrons. The second-order valence-electron chi connectivity index (χ2n) is 5.63. The molecule has 1 N–H and O–H groups in total. The lowest BCUT2D eigenvalue weighted by Crippen LogP contribution is -2.46. The lowest BCUT2D eigenvalue weighted by Gasteiger charge is -2.23. The smallest absolute Gasteiger partial charge is 0.245 e. The third-order valence-corrected chi connectivity index (χ3v) is 3.56. The predicted molar refractivity (Wildman–Crippen MR) is 82.7 cm³/mol. The molecule has 1 aromatic rings. The first kappa shape index (κ1) is 15.3. The van der Waals surface area contributed by atoms with Gasteiger partial charge in [0.05, 0.1) is 0 Å². The van der Waals surface area contributed by atoms with Gasteiger partial charge in [-0.2, -0.15) is 0 Å². The molecule has 1 aromatic carbocycles. The van der Waals surface area contributed by atoms with Crippen molar-refractivity contribution in [1.29, 1.82) is 0 Å². The van der Waals surface area contributed by atoms with Gasteiger partial charge in [0.2, 0.25) is 11.8 Å². The molecule has 2 amide bonds. The zero-order valence-electron chi connectivity index (χ0n) is 12.6. The fraction of sp³-hybridized carbons (Fsp3) is 0.412. The molecule has 21 heavy (non-hydrogen) atoms. The summed E-state index contributed by atoms with van der Waals surface area (Å²) in [6.07, 6.45) is 2.93. The summed E-state index contributed by atoms with van der Waals surface area (Å²) in [5, 5.41) is 2.84. The van der Waals surface area contributed by atoms with Crippen LogP contribution in [0.15, 0.2) is 42.0 Å². The molecule has 0 aliphatic carbocycles. The van der Waals surface area contributed by atoms with Crippen LogP contribution in [0.2, 0.25) is 0 Å². The average Bonchev–Trinajstić information content (AvgIpc) is 2.58. The Bertz CT molecular complexity index is 533. The van der Waals surface area contributed by atoms with E-state index in [4.69, 9.17) is 0 Å². The van der Waals surface area contributed by atoms with E-state index in [-0.39, 0.29) is 11.8 Å². The molecule has 1 atom stereocenters. The van der Waals surface area contributed by atoms with E-state index in [1.807, 2.05) is 50.3 Å². The van der Waals surface area contributed by atoms with Crippen LogP contribution in [-0.4, -0.2) is 35.8 Å². The zero-order chi connectivity index (χ0) is 15.2. The highest BCUT2D eigenvalue weighted by molar-refractivity contribution is 5.90. The number of nitrogens with zero attached hydrogens (tertiary/aromatic N) is 1. The van der Waals surface area contributed by atoms with Crippen LogP contribution in [0.5, 0.6) is 0 Å². The van der Waals surface area contributed by atoms with Crippen molar-refractivity contribution in [1.82, 2.24) is 10.2 Å². The molecule has 0 radical (unpaired) electrons. The molecule has 1 heterocycles. The summed E-state index contributed by atoms with van der Waals surface area (Å²) in [6, 6.07) is 9.32. The summed E-state index contributed by atoms with van der Waals surface area (Å²) in [4.78, 5) is 26.2. The van der Waals surface area contributed by atoms with Crippen LogP contribution in [0.4, 0.5) is 0 Å². The molecule has 1 fully saturated rings. The third-order valence-electron chi connectivity index (χ3n) is 3.56. The zero-order valence-corrected chi connectivity index (χ0v) is 12.6. The van der Waals surface area contributed by atoms with Crippen molar-refractivity contribution in [3.63, 3.8) is 0 Å². The predicted octanol–water partition coefficient (Wildman–Crippen LogP) is 1.91. The Hall–Kier alpha value is -2.10. The van der Waals surface area contributed by atoms with Crippen molar-refractivity contribution in [2.45, 2.75) is 32.7 Å². The van der Waals surface area contributed by atoms with Crippen LogP contribution in [0.1, 0.15) is 25.8 Å². The molecule has 0 spiro atoms. The van der Waals surface area contributed by atoms with Gasteiger partial charge in [0.15, 0.2) is 0 Å². The Morgan fingerprint density at radius 3 is 2.67 bits per heavy atom. The lowest BCUT2D eigenvalue weighted by molar-refractivity contribution is -0.133. The highest BCUT2D eigenvalue weighted by atomic mass is 16.2. The van der Waals surface area contributed by atoms with Crippen LogP contribution in [-0.2, 0) is 16.0 Å². The van der Waals surface area contributed by atoms with Gasteiger partial charge in [0, 0.05) is 25.9 Å². The Morgan fingerprint density at radius 1 is 1.29 bits per heavy atom. The van der Waals surface area contributed by atoms with Gasteiger partial charge >= 0.3 is 0 Å². The molecule has 0 aromatic heterocycles. The third kappa shape index (κ3) is 4.45. The minimum Gasteiger partial charge on any atom is -0.344 e. The molecule has 1 aliphatic heterocycles. The maximum Gasteiger partial charge on any atom is 0.245 e. The second-order valence-corrected chi connectivity index (χ2v) is 5.63. The summed E-state index contributed by atoms with van der Waals surface area (Å²) < 4.78 is 0. The molecule has 1 aliphatic rings. The first-order chi connectivity index (χ1) is 10.1. The average molecular weight is 286 g/mol. The molecular formula is C17H22N2O2. The topological polar surface area (TPSA) is 49.4 Å². The molecule has 4 heteroatoms. The molecule has 2 rings (SSSR count). The van der Waals surface area contributed by atoms with E-state index in [2.05, 4.69) is 5.32 Å². The first-order valence-corrected chi connectivity index (χ1v) is 7.31. The molecule has 0 saturated carbocycles. The maximum absolute atomic E-state index is 12.6. The molecule has 1 saturated heterocycles. The monoisotopic (exact) mass is 286 g/mol. The van der Waals surface area contributed by atoms with Gasteiger partial charge in [-0.3, -0.25) is 9.59 Å². The second kappa shape index (κ2) is 7.07. The number of hydrogen-bond acceptors (Lipinski definition) is 2. The van der Waals surface area contributed by atoms with Crippen molar-refractivity contribution in [2.24, 2.45) is 0 Å². The number of allylic oxidation sites excluding steroid dienone is 1. The van der Waals surface area contributed by atoms with Crippen molar-refractivity contribution >= 4 is 11.8 Å². The van der Waals surface area contributed by atoms with E-state index in [0.717, 1.165) is 5.56 Å². The van der Waals surface area contributed by atoms with E-state index >= 15 is 0 Å². The molecule has 1 unspecified atom stereocenters.